The van der Waals surface area contributed by atoms with E-state index in [9.17, 15) is 14.9 Å². The van der Waals surface area contributed by atoms with E-state index in [-0.39, 0.29) is 11.6 Å². The Morgan fingerprint density at radius 1 is 1.40 bits per heavy atom. The molecule has 0 spiro atoms. The van der Waals surface area contributed by atoms with Crippen LogP contribution < -0.4 is 4.90 Å². The minimum absolute atomic E-state index is 0.0420. The number of rotatable bonds is 3. The summed E-state index contributed by atoms with van der Waals surface area (Å²) in [6.07, 6.45) is 1.51. The van der Waals surface area contributed by atoms with Gasteiger partial charge in [0.15, 0.2) is 0 Å². The lowest BCUT2D eigenvalue weighted by Gasteiger charge is -2.39. The largest absolute Gasteiger partial charge is 0.481 e. The fraction of sp³-hybridized carbons (Fsp3) is 0.231. The second-order valence-corrected chi connectivity index (χ2v) is 4.70. The number of aliphatic carboxylic acids is 1. The van der Waals surface area contributed by atoms with Crippen molar-refractivity contribution in [2.45, 2.75) is 0 Å². The van der Waals surface area contributed by atoms with Gasteiger partial charge in [-0.15, -0.1) is 0 Å². The standard InChI is InChI=1S/C13H11N3O4/c17-13(18)8-6-15(7-8)10-4-5-14-12-9(10)2-1-3-11(12)16(19)20/h1-5,8H,6-7H2,(H,17,18). The zero-order chi connectivity index (χ0) is 14.3. The molecule has 0 bridgehead atoms. The molecule has 1 aromatic heterocycles. The summed E-state index contributed by atoms with van der Waals surface area (Å²) in [6.45, 7) is 0.828. The van der Waals surface area contributed by atoms with E-state index in [2.05, 4.69) is 4.98 Å². The minimum atomic E-state index is -0.814. The molecule has 1 aromatic carbocycles. The molecule has 0 amide bonds. The number of fused-ring (bicyclic) bond motifs is 1. The fourth-order valence-electron chi connectivity index (χ4n) is 2.40. The number of hydrogen-bond acceptors (Lipinski definition) is 5. The molecule has 0 radical (unpaired) electrons. The van der Waals surface area contributed by atoms with Crippen LogP contribution in [0.25, 0.3) is 10.9 Å². The molecule has 1 aliphatic heterocycles. The van der Waals surface area contributed by atoms with Gasteiger partial charge in [-0.3, -0.25) is 14.9 Å². The van der Waals surface area contributed by atoms with Gasteiger partial charge in [0.2, 0.25) is 0 Å². The zero-order valence-electron chi connectivity index (χ0n) is 10.4. The van der Waals surface area contributed by atoms with Gasteiger partial charge >= 0.3 is 5.97 Å². The number of carboxylic acids is 1. The Morgan fingerprint density at radius 2 is 2.15 bits per heavy atom. The lowest BCUT2D eigenvalue weighted by molar-refractivity contribution is -0.383. The second-order valence-electron chi connectivity index (χ2n) is 4.70. The van der Waals surface area contributed by atoms with E-state index in [1.54, 1.807) is 18.2 Å². The average molecular weight is 273 g/mol. The minimum Gasteiger partial charge on any atom is -0.481 e. The van der Waals surface area contributed by atoms with Crippen molar-refractivity contribution in [3.63, 3.8) is 0 Å². The third kappa shape index (κ3) is 1.83. The number of para-hydroxylation sites is 1. The van der Waals surface area contributed by atoms with Crippen LogP contribution in [-0.4, -0.2) is 34.1 Å². The number of benzene rings is 1. The number of pyridine rings is 1. The van der Waals surface area contributed by atoms with E-state index in [0.29, 0.717) is 24.0 Å². The van der Waals surface area contributed by atoms with Crippen LogP contribution in [-0.2, 0) is 4.79 Å². The number of nitro benzene ring substituents is 1. The maximum absolute atomic E-state index is 11.0. The fourth-order valence-corrected chi connectivity index (χ4v) is 2.40. The Bertz CT molecular complexity index is 710. The first-order valence-corrected chi connectivity index (χ1v) is 6.08. The van der Waals surface area contributed by atoms with Crippen molar-refractivity contribution in [1.29, 1.82) is 0 Å². The molecule has 2 heterocycles. The van der Waals surface area contributed by atoms with Crippen molar-refractivity contribution in [3.05, 3.63) is 40.6 Å². The topological polar surface area (TPSA) is 96.6 Å². The SMILES string of the molecule is O=C(O)C1CN(c2ccnc3c([N+](=O)[O-])cccc23)C1. The van der Waals surface area contributed by atoms with E-state index in [1.807, 2.05) is 4.90 Å². The quantitative estimate of drug-likeness (QED) is 0.674. The van der Waals surface area contributed by atoms with Crippen LogP contribution in [0.15, 0.2) is 30.5 Å². The molecule has 7 nitrogen and oxygen atoms in total. The molecule has 0 atom stereocenters. The van der Waals surface area contributed by atoms with Crippen LogP contribution in [0.5, 0.6) is 0 Å². The predicted octanol–water partition coefficient (Wildman–Crippen LogP) is 1.66. The van der Waals surface area contributed by atoms with Gasteiger partial charge in [0.05, 0.1) is 10.8 Å². The number of carbonyl (C=O) groups is 1. The van der Waals surface area contributed by atoms with Crippen LogP contribution in [0.2, 0.25) is 0 Å². The maximum Gasteiger partial charge on any atom is 0.310 e. The average Bonchev–Trinajstić information content (AvgIpc) is 2.36. The number of nitrogens with zero attached hydrogens (tertiary/aromatic N) is 3. The highest BCUT2D eigenvalue weighted by molar-refractivity contribution is 5.97. The highest BCUT2D eigenvalue weighted by Gasteiger charge is 2.33. The third-order valence-corrected chi connectivity index (χ3v) is 3.49. The van der Waals surface area contributed by atoms with Crippen molar-refractivity contribution in [2.75, 3.05) is 18.0 Å². The first kappa shape index (κ1) is 12.3. The van der Waals surface area contributed by atoms with Gasteiger partial charge in [0, 0.05) is 36.4 Å². The van der Waals surface area contributed by atoms with E-state index >= 15 is 0 Å². The molecule has 1 N–H and O–H groups in total. The summed E-state index contributed by atoms with van der Waals surface area (Å²) in [5.74, 6) is -1.19. The van der Waals surface area contributed by atoms with Crippen LogP contribution in [0, 0.1) is 16.0 Å². The van der Waals surface area contributed by atoms with Crippen molar-refractivity contribution in [1.82, 2.24) is 4.98 Å². The summed E-state index contributed by atoms with van der Waals surface area (Å²) in [5.41, 5.74) is 1.07. The predicted molar refractivity (Wildman–Crippen MR) is 71.7 cm³/mol. The second kappa shape index (κ2) is 4.44. The molecule has 0 aliphatic carbocycles. The first-order valence-electron chi connectivity index (χ1n) is 6.08. The number of anilines is 1. The van der Waals surface area contributed by atoms with Crippen LogP contribution >= 0.6 is 0 Å². The van der Waals surface area contributed by atoms with Crippen molar-refractivity contribution >= 4 is 28.2 Å². The van der Waals surface area contributed by atoms with Crippen LogP contribution in [0.1, 0.15) is 0 Å². The van der Waals surface area contributed by atoms with Gasteiger partial charge in [-0.25, -0.2) is 4.98 Å². The maximum atomic E-state index is 11.0. The molecule has 3 rings (SSSR count). The number of hydrogen-bond donors (Lipinski definition) is 1. The van der Waals surface area contributed by atoms with Gasteiger partial charge in [-0.05, 0) is 6.07 Å². The molecular formula is C13H11N3O4. The molecular weight excluding hydrogens is 262 g/mol. The van der Waals surface area contributed by atoms with Gasteiger partial charge < -0.3 is 10.0 Å². The van der Waals surface area contributed by atoms with E-state index in [4.69, 9.17) is 5.11 Å². The Balaban J connectivity index is 2.03. The summed E-state index contributed by atoms with van der Waals surface area (Å²) in [7, 11) is 0. The summed E-state index contributed by atoms with van der Waals surface area (Å²) in [4.78, 5) is 27.3. The highest BCUT2D eigenvalue weighted by atomic mass is 16.6. The number of non-ortho nitro benzene ring substituents is 1. The monoisotopic (exact) mass is 273 g/mol. The smallest absolute Gasteiger partial charge is 0.310 e. The molecule has 1 fully saturated rings. The molecule has 0 unspecified atom stereocenters. The van der Waals surface area contributed by atoms with Crippen molar-refractivity contribution in [2.24, 2.45) is 5.92 Å². The molecule has 1 saturated heterocycles. The third-order valence-electron chi connectivity index (χ3n) is 3.49. The van der Waals surface area contributed by atoms with Gasteiger partial charge in [-0.1, -0.05) is 12.1 Å². The summed E-state index contributed by atoms with van der Waals surface area (Å²) < 4.78 is 0. The summed E-state index contributed by atoms with van der Waals surface area (Å²) >= 11 is 0. The first-order chi connectivity index (χ1) is 9.58. The van der Waals surface area contributed by atoms with Gasteiger partial charge in [0.25, 0.3) is 5.69 Å². The molecule has 0 saturated carbocycles. The van der Waals surface area contributed by atoms with Gasteiger partial charge in [-0.2, -0.15) is 0 Å². The lowest BCUT2D eigenvalue weighted by atomic mass is 9.98. The Morgan fingerprint density at radius 3 is 2.80 bits per heavy atom. The Hall–Kier alpha value is -2.70. The van der Waals surface area contributed by atoms with E-state index in [0.717, 1.165) is 5.69 Å². The van der Waals surface area contributed by atoms with Crippen LogP contribution in [0.4, 0.5) is 11.4 Å². The zero-order valence-corrected chi connectivity index (χ0v) is 10.4. The van der Waals surface area contributed by atoms with Gasteiger partial charge in [0.1, 0.15) is 5.52 Å². The van der Waals surface area contributed by atoms with Crippen molar-refractivity contribution in [3.8, 4) is 0 Å². The number of nitro groups is 1. The summed E-state index contributed by atoms with van der Waals surface area (Å²) in [6, 6.07) is 6.54. The van der Waals surface area contributed by atoms with Crippen molar-refractivity contribution < 1.29 is 14.8 Å². The molecule has 1 aliphatic rings. The van der Waals surface area contributed by atoms with E-state index in [1.165, 1.54) is 12.3 Å². The Labute approximate surface area is 113 Å². The highest BCUT2D eigenvalue weighted by Crippen LogP contribution is 2.34. The summed E-state index contributed by atoms with van der Waals surface area (Å²) in [5, 5.41) is 20.6. The van der Waals surface area contributed by atoms with E-state index < -0.39 is 10.9 Å². The number of aromatic nitrogens is 1. The Kier molecular flexibility index (Phi) is 2.74. The lowest BCUT2D eigenvalue weighted by Crippen LogP contribution is -2.50. The molecule has 7 heteroatoms. The number of carboxylic acid groups (broad SMARTS) is 1. The molecule has 102 valence electrons. The molecule has 20 heavy (non-hydrogen) atoms. The normalized spacial score (nSPS) is 15.1. The molecule has 2 aromatic rings. The van der Waals surface area contributed by atoms with Crippen LogP contribution in [0.3, 0.4) is 0 Å².